The smallest absolute Gasteiger partial charge is 0.361 e. The van der Waals surface area contributed by atoms with E-state index in [0.29, 0.717) is 11.0 Å². The molecule has 0 unspecified atom stereocenters. The van der Waals surface area contributed by atoms with Crippen molar-refractivity contribution in [2.45, 2.75) is 6.92 Å². The van der Waals surface area contributed by atoms with Crippen LogP contribution in [0.5, 0.6) is 0 Å². The fraction of sp³-hybridized carbons (Fsp3) is 0.154. The number of hydrogen-bond donors (Lipinski definition) is 1. The van der Waals surface area contributed by atoms with Gasteiger partial charge in [0.05, 0.1) is 18.4 Å². The lowest BCUT2D eigenvalue weighted by Crippen LogP contribution is -2.07. The highest BCUT2D eigenvalue weighted by molar-refractivity contribution is 6.00. The fourth-order valence-corrected chi connectivity index (χ4v) is 2.01. The van der Waals surface area contributed by atoms with Gasteiger partial charge in [0.15, 0.2) is 5.69 Å². The number of halogens is 1. The molecule has 2 aromatic heterocycles. The quantitative estimate of drug-likeness (QED) is 0.743. The summed E-state index contributed by atoms with van der Waals surface area (Å²) in [5.41, 5.74) is 0.708. The maximum Gasteiger partial charge on any atom is 0.361 e. The number of carbonyl (C=O) groups is 1. The van der Waals surface area contributed by atoms with Crippen molar-refractivity contribution in [1.82, 2.24) is 15.4 Å². The number of aromatic nitrogens is 3. The number of nitrogens with zero attached hydrogens (tertiary/aromatic N) is 2. The maximum absolute atomic E-state index is 14.1. The van der Waals surface area contributed by atoms with Crippen LogP contribution in [0, 0.1) is 5.82 Å². The SMILES string of the molecule is CCOC(=O)c1n[nH]nc1-c1c(F)ccc2occc12. The van der Waals surface area contributed by atoms with E-state index < -0.39 is 11.8 Å². The third-order valence-corrected chi connectivity index (χ3v) is 2.84. The Morgan fingerprint density at radius 2 is 2.25 bits per heavy atom. The number of benzene rings is 1. The topological polar surface area (TPSA) is 81.0 Å². The van der Waals surface area contributed by atoms with E-state index in [9.17, 15) is 9.18 Å². The zero-order valence-electron chi connectivity index (χ0n) is 10.5. The Bertz CT molecular complexity index is 778. The molecule has 2 heterocycles. The first-order valence-corrected chi connectivity index (χ1v) is 5.96. The Labute approximate surface area is 112 Å². The molecule has 0 saturated heterocycles. The van der Waals surface area contributed by atoms with Gasteiger partial charge in [-0.2, -0.15) is 10.3 Å². The van der Waals surface area contributed by atoms with E-state index in [4.69, 9.17) is 9.15 Å². The molecule has 0 fully saturated rings. The molecule has 20 heavy (non-hydrogen) atoms. The monoisotopic (exact) mass is 275 g/mol. The lowest BCUT2D eigenvalue weighted by atomic mass is 10.0. The van der Waals surface area contributed by atoms with Crippen molar-refractivity contribution in [3.63, 3.8) is 0 Å². The number of aromatic amines is 1. The van der Waals surface area contributed by atoms with Gasteiger partial charge in [-0.15, -0.1) is 5.10 Å². The molecule has 1 N–H and O–H groups in total. The van der Waals surface area contributed by atoms with Crippen molar-refractivity contribution in [2.75, 3.05) is 6.61 Å². The van der Waals surface area contributed by atoms with Crippen molar-refractivity contribution in [3.05, 3.63) is 36.0 Å². The molecule has 0 aliphatic rings. The molecule has 0 spiro atoms. The van der Waals surface area contributed by atoms with Gasteiger partial charge in [0.2, 0.25) is 0 Å². The second-order valence-electron chi connectivity index (χ2n) is 4.00. The summed E-state index contributed by atoms with van der Waals surface area (Å²) in [5, 5.41) is 10.4. The van der Waals surface area contributed by atoms with E-state index >= 15 is 0 Å². The van der Waals surface area contributed by atoms with Crippen LogP contribution in [0.2, 0.25) is 0 Å². The Kier molecular flexibility index (Phi) is 2.94. The number of furan rings is 1. The molecule has 3 rings (SSSR count). The third kappa shape index (κ3) is 1.83. The molecule has 3 aromatic rings. The summed E-state index contributed by atoms with van der Waals surface area (Å²) in [5.74, 6) is -1.17. The molecule has 0 bridgehead atoms. The normalized spacial score (nSPS) is 10.9. The highest BCUT2D eigenvalue weighted by atomic mass is 19.1. The van der Waals surface area contributed by atoms with E-state index in [1.54, 1.807) is 13.0 Å². The average molecular weight is 275 g/mol. The van der Waals surface area contributed by atoms with Crippen molar-refractivity contribution in [3.8, 4) is 11.3 Å². The number of esters is 1. The highest BCUT2D eigenvalue weighted by Gasteiger charge is 2.23. The van der Waals surface area contributed by atoms with Gasteiger partial charge < -0.3 is 9.15 Å². The summed E-state index contributed by atoms with van der Waals surface area (Å²) in [6.07, 6.45) is 1.44. The zero-order valence-corrected chi connectivity index (χ0v) is 10.5. The van der Waals surface area contributed by atoms with Gasteiger partial charge in [0.1, 0.15) is 17.1 Å². The summed E-state index contributed by atoms with van der Waals surface area (Å²) < 4.78 is 24.2. The molecule has 6 nitrogen and oxygen atoms in total. The van der Waals surface area contributed by atoms with Gasteiger partial charge in [-0.3, -0.25) is 0 Å². The summed E-state index contributed by atoms with van der Waals surface area (Å²) in [6, 6.07) is 4.38. The van der Waals surface area contributed by atoms with Crippen molar-refractivity contribution in [2.24, 2.45) is 0 Å². The second-order valence-corrected chi connectivity index (χ2v) is 4.00. The number of ether oxygens (including phenoxy) is 1. The van der Waals surface area contributed by atoms with Gasteiger partial charge in [0, 0.05) is 5.39 Å². The molecule has 1 aromatic carbocycles. The maximum atomic E-state index is 14.1. The lowest BCUT2D eigenvalue weighted by molar-refractivity contribution is 0.0520. The molecule has 0 aliphatic heterocycles. The van der Waals surface area contributed by atoms with E-state index in [2.05, 4.69) is 15.4 Å². The first-order chi connectivity index (χ1) is 9.72. The van der Waals surface area contributed by atoms with E-state index in [1.807, 2.05) is 0 Å². The molecule has 0 radical (unpaired) electrons. The molecule has 0 amide bonds. The average Bonchev–Trinajstić information content (AvgIpc) is 3.06. The van der Waals surface area contributed by atoms with Gasteiger partial charge >= 0.3 is 5.97 Å². The van der Waals surface area contributed by atoms with Crippen LogP contribution in [-0.4, -0.2) is 28.0 Å². The van der Waals surface area contributed by atoms with Gasteiger partial charge in [0.25, 0.3) is 0 Å². The zero-order chi connectivity index (χ0) is 14.1. The van der Waals surface area contributed by atoms with Crippen molar-refractivity contribution >= 4 is 16.9 Å². The molecule has 7 heteroatoms. The Hall–Kier alpha value is -2.70. The largest absolute Gasteiger partial charge is 0.464 e. The third-order valence-electron chi connectivity index (χ3n) is 2.84. The minimum Gasteiger partial charge on any atom is -0.464 e. The number of carbonyl (C=O) groups excluding carboxylic acids is 1. The van der Waals surface area contributed by atoms with Crippen molar-refractivity contribution in [1.29, 1.82) is 0 Å². The van der Waals surface area contributed by atoms with Crippen LogP contribution < -0.4 is 0 Å². The minimum absolute atomic E-state index is 0.0561. The number of H-pyrrole nitrogens is 1. The first kappa shape index (κ1) is 12.3. The predicted octanol–water partition coefficient (Wildman–Crippen LogP) is 2.53. The molecule has 0 saturated carbocycles. The molecule has 102 valence electrons. The van der Waals surface area contributed by atoms with Crippen molar-refractivity contribution < 1.29 is 18.3 Å². The van der Waals surface area contributed by atoms with Crippen LogP contribution in [0.25, 0.3) is 22.2 Å². The number of fused-ring (bicyclic) bond motifs is 1. The lowest BCUT2D eigenvalue weighted by Gasteiger charge is -2.03. The van der Waals surface area contributed by atoms with Crippen LogP contribution in [0.4, 0.5) is 4.39 Å². The molecular weight excluding hydrogens is 265 g/mol. The molecule has 0 aliphatic carbocycles. The standard InChI is InChI=1S/C13H10FN3O3/c1-2-19-13(18)12-11(15-17-16-12)10-7-5-6-20-9(7)4-3-8(10)14/h3-6H,2H2,1H3,(H,15,16,17). The Morgan fingerprint density at radius 3 is 3.05 bits per heavy atom. The van der Waals surface area contributed by atoms with Gasteiger partial charge in [-0.05, 0) is 25.1 Å². The van der Waals surface area contributed by atoms with Crippen LogP contribution in [0.15, 0.2) is 28.9 Å². The van der Waals surface area contributed by atoms with Crippen LogP contribution in [0.1, 0.15) is 17.4 Å². The Balaban J connectivity index is 2.21. The molecular formula is C13H10FN3O3. The van der Waals surface area contributed by atoms with E-state index in [0.717, 1.165) is 0 Å². The van der Waals surface area contributed by atoms with E-state index in [-0.39, 0.29) is 23.6 Å². The first-order valence-electron chi connectivity index (χ1n) is 5.96. The summed E-state index contributed by atoms with van der Waals surface area (Å²) >= 11 is 0. The Morgan fingerprint density at radius 1 is 1.40 bits per heavy atom. The van der Waals surface area contributed by atoms with Gasteiger partial charge in [-0.1, -0.05) is 0 Å². The number of rotatable bonds is 3. The summed E-state index contributed by atoms with van der Waals surface area (Å²) in [7, 11) is 0. The van der Waals surface area contributed by atoms with Gasteiger partial charge in [-0.25, -0.2) is 9.18 Å². The van der Waals surface area contributed by atoms with Crippen LogP contribution >= 0.6 is 0 Å². The predicted molar refractivity (Wildman–Crippen MR) is 67.5 cm³/mol. The number of nitrogens with one attached hydrogen (secondary N) is 1. The number of hydrogen-bond acceptors (Lipinski definition) is 5. The van der Waals surface area contributed by atoms with E-state index in [1.165, 1.54) is 18.4 Å². The second kappa shape index (κ2) is 4.76. The van der Waals surface area contributed by atoms with Crippen LogP contribution in [0.3, 0.4) is 0 Å². The highest BCUT2D eigenvalue weighted by Crippen LogP contribution is 2.32. The van der Waals surface area contributed by atoms with Crippen LogP contribution in [-0.2, 0) is 4.74 Å². The summed E-state index contributed by atoms with van der Waals surface area (Å²) in [6.45, 7) is 1.87. The minimum atomic E-state index is -0.656. The summed E-state index contributed by atoms with van der Waals surface area (Å²) in [4.78, 5) is 11.8. The fourth-order valence-electron chi connectivity index (χ4n) is 2.01. The molecule has 0 atom stereocenters.